The third-order valence-corrected chi connectivity index (χ3v) is 4.84. The van der Waals surface area contributed by atoms with Gasteiger partial charge < -0.3 is 20.0 Å². The average molecular weight is 403 g/mol. The molecule has 0 aliphatic carbocycles. The number of aromatic hydroxyl groups is 1. The summed E-state index contributed by atoms with van der Waals surface area (Å²) in [4.78, 5) is 17.9. The van der Waals surface area contributed by atoms with Crippen LogP contribution in [0.15, 0.2) is 71.5 Å². The van der Waals surface area contributed by atoms with Crippen molar-refractivity contribution in [2.45, 2.75) is 6.54 Å². The van der Waals surface area contributed by atoms with Gasteiger partial charge in [-0.15, -0.1) is 0 Å². The Balaban J connectivity index is 1.80. The fourth-order valence-corrected chi connectivity index (χ4v) is 3.21. The predicted octanol–water partition coefficient (Wildman–Crippen LogP) is 3.53. The van der Waals surface area contributed by atoms with E-state index in [1.807, 2.05) is 36.4 Å². The van der Waals surface area contributed by atoms with Crippen molar-refractivity contribution in [3.63, 3.8) is 0 Å². The summed E-state index contributed by atoms with van der Waals surface area (Å²) in [7, 11) is 3.16. The molecule has 0 saturated heterocycles. The third-order valence-electron chi connectivity index (χ3n) is 4.84. The highest BCUT2D eigenvalue weighted by Gasteiger charge is 2.14. The molecule has 1 heterocycles. The Labute approximate surface area is 173 Å². The average Bonchev–Trinajstić information content (AvgIpc) is 2.79. The molecule has 7 nitrogen and oxygen atoms in total. The molecule has 0 aliphatic rings. The van der Waals surface area contributed by atoms with Crippen molar-refractivity contribution in [3.05, 3.63) is 82.6 Å². The highest BCUT2D eigenvalue weighted by Crippen LogP contribution is 2.24. The van der Waals surface area contributed by atoms with Crippen molar-refractivity contribution < 1.29 is 14.6 Å². The van der Waals surface area contributed by atoms with Crippen LogP contribution in [0.4, 0.5) is 0 Å². The molecular formula is C23H21N3O4. The number of nitrogens with one attached hydrogen (secondary N) is 1. The molecule has 0 spiro atoms. The quantitative estimate of drug-likeness (QED) is 0.512. The summed E-state index contributed by atoms with van der Waals surface area (Å²) in [6, 6.07) is 19.5. The summed E-state index contributed by atoms with van der Waals surface area (Å²) >= 11 is 0. The second-order valence-corrected chi connectivity index (χ2v) is 6.65. The van der Waals surface area contributed by atoms with Crippen LogP contribution in [0.3, 0.4) is 0 Å². The first-order chi connectivity index (χ1) is 14.6. The Kier molecular flexibility index (Phi) is 5.26. The zero-order chi connectivity index (χ0) is 21.1. The van der Waals surface area contributed by atoms with Crippen LogP contribution in [0.25, 0.3) is 22.3 Å². The van der Waals surface area contributed by atoms with Crippen LogP contribution in [0.5, 0.6) is 17.2 Å². The van der Waals surface area contributed by atoms with E-state index in [2.05, 4.69) is 5.43 Å². The number of nitrogens with zero attached hydrogens (tertiary/aromatic N) is 2. The first kappa shape index (κ1) is 19.3. The van der Waals surface area contributed by atoms with E-state index in [4.69, 9.17) is 14.5 Å². The SMILES string of the molecule is COc1ccc(-c2nc3ccccc3c(=O)n2NCc2cc(OC)ccc2O)cc1. The topological polar surface area (TPSA) is 85.6 Å². The molecule has 0 unspecified atom stereocenters. The van der Waals surface area contributed by atoms with Crippen molar-refractivity contribution in [2.24, 2.45) is 0 Å². The monoisotopic (exact) mass is 403 g/mol. The molecule has 3 aromatic carbocycles. The van der Waals surface area contributed by atoms with E-state index in [0.29, 0.717) is 33.8 Å². The first-order valence-electron chi connectivity index (χ1n) is 9.36. The van der Waals surface area contributed by atoms with Gasteiger partial charge in [0.05, 0.1) is 31.7 Å². The summed E-state index contributed by atoms with van der Waals surface area (Å²) in [6.45, 7) is 0.201. The second-order valence-electron chi connectivity index (χ2n) is 6.65. The van der Waals surface area contributed by atoms with Crippen LogP contribution < -0.4 is 20.5 Å². The van der Waals surface area contributed by atoms with E-state index in [0.717, 1.165) is 5.56 Å². The van der Waals surface area contributed by atoms with Crippen molar-refractivity contribution in [1.29, 1.82) is 0 Å². The van der Waals surface area contributed by atoms with Crippen molar-refractivity contribution >= 4 is 10.9 Å². The maximum absolute atomic E-state index is 13.2. The van der Waals surface area contributed by atoms with E-state index in [1.54, 1.807) is 44.6 Å². The number of para-hydroxylation sites is 1. The Morgan fingerprint density at radius 2 is 1.67 bits per heavy atom. The van der Waals surface area contributed by atoms with E-state index in [1.165, 1.54) is 4.68 Å². The van der Waals surface area contributed by atoms with Gasteiger partial charge in [-0.05, 0) is 54.6 Å². The molecular weight excluding hydrogens is 382 g/mol. The molecule has 0 amide bonds. The lowest BCUT2D eigenvalue weighted by atomic mass is 10.1. The second kappa shape index (κ2) is 8.16. The number of hydrogen-bond acceptors (Lipinski definition) is 6. The minimum atomic E-state index is -0.228. The molecule has 1 aromatic heterocycles. The van der Waals surface area contributed by atoms with Gasteiger partial charge in [0.1, 0.15) is 17.2 Å². The Hall–Kier alpha value is -4.00. The number of phenolic OH excluding ortho intramolecular Hbond substituents is 1. The molecule has 0 saturated carbocycles. The van der Waals surface area contributed by atoms with Crippen molar-refractivity contribution in [1.82, 2.24) is 9.66 Å². The Morgan fingerprint density at radius 1 is 0.967 bits per heavy atom. The molecule has 30 heavy (non-hydrogen) atoms. The van der Waals surface area contributed by atoms with Gasteiger partial charge in [-0.2, -0.15) is 0 Å². The molecule has 0 radical (unpaired) electrons. The van der Waals surface area contributed by atoms with Gasteiger partial charge in [0.15, 0.2) is 5.82 Å². The summed E-state index contributed by atoms with van der Waals surface area (Å²) in [5.74, 6) is 1.89. The zero-order valence-electron chi connectivity index (χ0n) is 16.6. The van der Waals surface area contributed by atoms with Gasteiger partial charge >= 0.3 is 0 Å². The normalized spacial score (nSPS) is 10.7. The fourth-order valence-electron chi connectivity index (χ4n) is 3.21. The highest BCUT2D eigenvalue weighted by atomic mass is 16.5. The predicted molar refractivity (Wildman–Crippen MR) is 116 cm³/mol. The molecule has 4 aromatic rings. The van der Waals surface area contributed by atoms with Crippen LogP contribution in [0, 0.1) is 0 Å². The van der Waals surface area contributed by atoms with Crippen LogP contribution in [0.1, 0.15) is 5.56 Å². The van der Waals surface area contributed by atoms with Gasteiger partial charge in [-0.1, -0.05) is 12.1 Å². The highest BCUT2D eigenvalue weighted by molar-refractivity contribution is 5.79. The van der Waals surface area contributed by atoms with Gasteiger partial charge in [-0.3, -0.25) is 4.79 Å². The summed E-state index contributed by atoms with van der Waals surface area (Å²) < 4.78 is 11.9. The van der Waals surface area contributed by atoms with E-state index >= 15 is 0 Å². The molecule has 2 N–H and O–H groups in total. The minimum absolute atomic E-state index is 0.107. The van der Waals surface area contributed by atoms with Crippen LogP contribution >= 0.6 is 0 Å². The Morgan fingerprint density at radius 3 is 2.40 bits per heavy atom. The number of methoxy groups -OCH3 is 2. The maximum Gasteiger partial charge on any atom is 0.280 e. The van der Waals surface area contributed by atoms with Gasteiger partial charge in [0, 0.05) is 11.1 Å². The fraction of sp³-hybridized carbons (Fsp3) is 0.130. The molecule has 152 valence electrons. The number of fused-ring (bicyclic) bond motifs is 1. The van der Waals surface area contributed by atoms with Gasteiger partial charge in [0.2, 0.25) is 0 Å². The molecule has 4 rings (SSSR count). The van der Waals surface area contributed by atoms with E-state index < -0.39 is 0 Å². The molecule has 0 bridgehead atoms. The smallest absolute Gasteiger partial charge is 0.280 e. The Bertz CT molecular complexity index is 1250. The number of ether oxygens (including phenoxy) is 2. The van der Waals surface area contributed by atoms with Gasteiger partial charge in [-0.25, -0.2) is 9.66 Å². The first-order valence-corrected chi connectivity index (χ1v) is 9.36. The molecule has 0 aliphatic heterocycles. The number of aromatic nitrogens is 2. The summed E-state index contributed by atoms with van der Waals surface area (Å²) in [5.41, 5.74) is 4.83. The lowest BCUT2D eigenvalue weighted by Crippen LogP contribution is -2.31. The van der Waals surface area contributed by atoms with Crippen molar-refractivity contribution in [2.75, 3.05) is 19.6 Å². The third kappa shape index (κ3) is 3.65. The largest absolute Gasteiger partial charge is 0.508 e. The number of rotatable bonds is 6. The van der Waals surface area contributed by atoms with E-state index in [-0.39, 0.29) is 17.9 Å². The number of benzene rings is 3. The lowest BCUT2D eigenvalue weighted by molar-refractivity contribution is 0.411. The summed E-state index contributed by atoms with van der Waals surface area (Å²) in [6.07, 6.45) is 0. The zero-order valence-corrected chi connectivity index (χ0v) is 16.6. The molecule has 0 atom stereocenters. The van der Waals surface area contributed by atoms with Gasteiger partial charge in [0.25, 0.3) is 5.56 Å². The molecule has 7 heteroatoms. The van der Waals surface area contributed by atoms with Crippen LogP contribution in [-0.4, -0.2) is 29.0 Å². The lowest BCUT2D eigenvalue weighted by Gasteiger charge is -2.16. The number of hydrogen-bond donors (Lipinski definition) is 2. The van der Waals surface area contributed by atoms with E-state index in [9.17, 15) is 9.90 Å². The number of phenols is 1. The summed E-state index contributed by atoms with van der Waals surface area (Å²) in [5, 5.41) is 10.7. The molecule has 0 fully saturated rings. The van der Waals surface area contributed by atoms with Crippen molar-refractivity contribution in [3.8, 4) is 28.6 Å². The van der Waals surface area contributed by atoms with Crippen LogP contribution in [0.2, 0.25) is 0 Å². The maximum atomic E-state index is 13.2. The minimum Gasteiger partial charge on any atom is -0.508 e. The van der Waals surface area contributed by atoms with Crippen LogP contribution in [-0.2, 0) is 6.54 Å². The standard InChI is InChI=1S/C23H21N3O4/c1-29-17-9-7-15(8-10-17)22-25-20-6-4-3-5-19(20)23(28)26(22)24-14-16-13-18(30-2)11-12-21(16)27/h3-13,24,27H,14H2,1-2H3.